The van der Waals surface area contributed by atoms with Crippen molar-refractivity contribution in [2.45, 2.75) is 27.3 Å². The molecule has 0 unspecified atom stereocenters. The lowest BCUT2D eigenvalue weighted by atomic mass is 10.1. The van der Waals surface area contributed by atoms with E-state index in [1.54, 1.807) is 0 Å². The molecule has 0 bridgehead atoms. The summed E-state index contributed by atoms with van der Waals surface area (Å²) in [5.41, 5.74) is 1.16. The lowest BCUT2D eigenvalue weighted by Gasteiger charge is -2.11. The van der Waals surface area contributed by atoms with E-state index in [-0.39, 0.29) is 17.0 Å². The molecule has 0 spiro atoms. The van der Waals surface area contributed by atoms with Gasteiger partial charge in [0.05, 0.1) is 17.9 Å². The predicted octanol–water partition coefficient (Wildman–Crippen LogP) is 2.78. The SMILES string of the molecule is CCOc1cccc(-c2cc(C=O)c(=O)n(CC(C)C)n2)c1. The zero-order valence-electron chi connectivity index (χ0n) is 13.1. The summed E-state index contributed by atoms with van der Waals surface area (Å²) in [7, 11) is 0. The van der Waals surface area contributed by atoms with Crippen LogP contribution in [0.15, 0.2) is 35.1 Å². The van der Waals surface area contributed by atoms with Gasteiger partial charge < -0.3 is 4.74 Å². The van der Waals surface area contributed by atoms with Gasteiger partial charge in [-0.2, -0.15) is 5.10 Å². The van der Waals surface area contributed by atoms with Gasteiger partial charge in [-0.15, -0.1) is 0 Å². The number of rotatable bonds is 6. The molecule has 0 saturated heterocycles. The molecule has 5 heteroatoms. The van der Waals surface area contributed by atoms with Crippen molar-refractivity contribution in [3.8, 4) is 17.0 Å². The van der Waals surface area contributed by atoms with E-state index in [1.807, 2.05) is 45.0 Å². The Morgan fingerprint density at radius 2 is 2.09 bits per heavy atom. The first-order chi connectivity index (χ1) is 10.5. The zero-order chi connectivity index (χ0) is 16.1. The Morgan fingerprint density at radius 1 is 1.32 bits per heavy atom. The Bertz CT molecular complexity index is 720. The first-order valence-corrected chi connectivity index (χ1v) is 7.35. The Hall–Kier alpha value is -2.43. The monoisotopic (exact) mass is 300 g/mol. The molecule has 0 atom stereocenters. The second-order valence-corrected chi connectivity index (χ2v) is 5.44. The highest BCUT2D eigenvalue weighted by molar-refractivity contribution is 5.77. The van der Waals surface area contributed by atoms with E-state index in [0.717, 1.165) is 11.3 Å². The number of carbonyl (C=O) groups is 1. The molecule has 2 rings (SSSR count). The molecule has 0 fully saturated rings. The number of nitrogens with zero attached hydrogens (tertiary/aromatic N) is 2. The maximum absolute atomic E-state index is 12.1. The van der Waals surface area contributed by atoms with Crippen LogP contribution in [0, 0.1) is 5.92 Å². The highest BCUT2D eigenvalue weighted by atomic mass is 16.5. The third-order valence-electron chi connectivity index (χ3n) is 3.11. The van der Waals surface area contributed by atoms with Crippen molar-refractivity contribution in [2.75, 3.05) is 6.61 Å². The molecule has 0 aliphatic carbocycles. The largest absolute Gasteiger partial charge is 0.494 e. The lowest BCUT2D eigenvalue weighted by molar-refractivity contribution is 0.112. The fourth-order valence-electron chi connectivity index (χ4n) is 2.17. The van der Waals surface area contributed by atoms with Gasteiger partial charge in [0.15, 0.2) is 6.29 Å². The van der Waals surface area contributed by atoms with Crippen LogP contribution in [0.1, 0.15) is 31.1 Å². The number of aldehydes is 1. The predicted molar refractivity (Wildman–Crippen MR) is 85.3 cm³/mol. The van der Waals surface area contributed by atoms with E-state index in [4.69, 9.17) is 4.74 Å². The molecule has 0 saturated carbocycles. The first kappa shape index (κ1) is 15.9. The third-order valence-corrected chi connectivity index (χ3v) is 3.11. The summed E-state index contributed by atoms with van der Waals surface area (Å²) in [4.78, 5) is 23.3. The molecular weight excluding hydrogens is 280 g/mol. The number of hydrogen-bond acceptors (Lipinski definition) is 4. The van der Waals surface area contributed by atoms with E-state index < -0.39 is 0 Å². The summed E-state index contributed by atoms with van der Waals surface area (Å²) in [5.74, 6) is 0.991. The Balaban J connectivity index is 2.52. The number of benzene rings is 1. The van der Waals surface area contributed by atoms with Crippen molar-refractivity contribution < 1.29 is 9.53 Å². The maximum Gasteiger partial charge on any atom is 0.277 e. The summed E-state index contributed by atoms with van der Waals surface area (Å²) in [6.07, 6.45) is 0.580. The fourth-order valence-corrected chi connectivity index (χ4v) is 2.17. The maximum atomic E-state index is 12.1. The topological polar surface area (TPSA) is 61.2 Å². The average Bonchev–Trinajstić information content (AvgIpc) is 2.49. The molecule has 1 heterocycles. The molecule has 116 valence electrons. The smallest absolute Gasteiger partial charge is 0.277 e. The van der Waals surface area contributed by atoms with Crippen LogP contribution in [0.4, 0.5) is 0 Å². The van der Waals surface area contributed by atoms with Crippen LogP contribution in [0.3, 0.4) is 0 Å². The van der Waals surface area contributed by atoms with Gasteiger partial charge in [-0.1, -0.05) is 26.0 Å². The van der Waals surface area contributed by atoms with E-state index >= 15 is 0 Å². The van der Waals surface area contributed by atoms with Crippen LogP contribution < -0.4 is 10.3 Å². The number of ether oxygens (including phenoxy) is 1. The minimum Gasteiger partial charge on any atom is -0.494 e. The quantitative estimate of drug-likeness (QED) is 0.770. The van der Waals surface area contributed by atoms with E-state index in [1.165, 1.54) is 10.7 Å². The molecule has 5 nitrogen and oxygen atoms in total. The van der Waals surface area contributed by atoms with Crippen LogP contribution in [0.25, 0.3) is 11.3 Å². The van der Waals surface area contributed by atoms with E-state index in [2.05, 4.69) is 5.10 Å². The molecule has 0 amide bonds. The van der Waals surface area contributed by atoms with Crippen LogP contribution in [0.5, 0.6) is 5.75 Å². The summed E-state index contributed by atoms with van der Waals surface area (Å²) in [6.45, 7) is 6.95. The molecule has 0 aliphatic heterocycles. The highest BCUT2D eigenvalue weighted by Crippen LogP contribution is 2.22. The minimum atomic E-state index is -0.353. The average molecular weight is 300 g/mol. The van der Waals surface area contributed by atoms with Gasteiger partial charge in [0.2, 0.25) is 0 Å². The van der Waals surface area contributed by atoms with Crippen molar-refractivity contribution >= 4 is 6.29 Å². The van der Waals surface area contributed by atoms with Crippen molar-refractivity contribution in [3.63, 3.8) is 0 Å². The lowest BCUT2D eigenvalue weighted by Crippen LogP contribution is -2.28. The van der Waals surface area contributed by atoms with Crippen LogP contribution in [-0.2, 0) is 6.54 Å². The number of aromatic nitrogens is 2. The molecule has 1 aromatic heterocycles. The zero-order valence-corrected chi connectivity index (χ0v) is 13.1. The first-order valence-electron chi connectivity index (χ1n) is 7.35. The number of carbonyl (C=O) groups excluding carboxylic acids is 1. The van der Waals surface area contributed by atoms with Crippen LogP contribution in [0.2, 0.25) is 0 Å². The molecule has 0 N–H and O–H groups in total. The van der Waals surface area contributed by atoms with Gasteiger partial charge in [-0.25, -0.2) is 4.68 Å². The minimum absolute atomic E-state index is 0.118. The second kappa shape index (κ2) is 7.02. The van der Waals surface area contributed by atoms with Gasteiger partial charge in [0.1, 0.15) is 5.75 Å². The molecular formula is C17H20N2O3. The Kier molecular flexibility index (Phi) is 5.09. The normalized spacial score (nSPS) is 10.7. The van der Waals surface area contributed by atoms with Gasteiger partial charge in [0.25, 0.3) is 5.56 Å². The Labute approximate surface area is 129 Å². The second-order valence-electron chi connectivity index (χ2n) is 5.44. The van der Waals surface area contributed by atoms with Gasteiger partial charge in [-0.3, -0.25) is 9.59 Å². The van der Waals surface area contributed by atoms with Gasteiger partial charge >= 0.3 is 0 Å². The van der Waals surface area contributed by atoms with Crippen LogP contribution >= 0.6 is 0 Å². The van der Waals surface area contributed by atoms with Crippen molar-refractivity contribution in [1.82, 2.24) is 9.78 Å². The Morgan fingerprint density at radius 3 is 2.73 bits per heavy atom. The molecule has 22 heavy (non-hydrogen) atoms. The van der Waals surface area contributed by atoms with Crippen molar-refractivity contribution in [1.29, 1.82) is 0 Å². The molecule has 0 aliphatic rings. The number of hydrogen-bond donors (Lipinski definition) is 0. The highest BCUT2D eigenvalue weighted by Gasteiger charge is 2.11. The summed E-state index contributed by atoms with van der Waals surface area (Å²) in [5, 5.41) is 4.38. The summed E-state index contributed by atoms with van der Waals surface area (Å²) >= 11 is 0. The third kappa shape index (κ3) is 3.61. The molecule has 2 aromatic rings. The van der Waals surface area contributed by atoms with Crippen LogP contribution in [-0.4, -0.2) is 22.7 Å². The molecule has 0 radical (unpaired) electrons. The molecule has 1 aromatic carbocycles. The fraction of sp³-hybridized carbons (Fsp3) is 0.353. The van der Waals surface area contributed by atoms with Gasteiger partial charge in [0, 0.05) is 12.1 Å². The van der Waals surface area contributed by atoms with Gasteiger partial charge in [-0.05, 0) is 31.0 Å². The summed E-state index contributed by atoms with van der Waals surface area (Å²) < 4.78 is 6.84. The standard InChI is InChI=1S/C17H20N2O3/c1-4-22-15-7-5-6-13(8-15)16-9-14(11-20)17(21)19(18-16)10-12(2)3/h5-9,11-12H,4,10H2,1-3H3. The van der Waals surface area contributed by atoms with Crippen molar-refractivity contribution in [3.05, 3.63) is 46.2 Å². The van der Waals surface area contributed by atoms with E-state index in [9.17, 15) is 9.59 Å². The van der Waals surface area contributed by atoms with E-state index in [0.29, 0.717) is 25.1 Å². The van der Waals surface area contributed by atoms with Crippen molar-refractivity contribution in [2.24, 2.45) is 5.92 Å². The summed E-state index contributed by atoms with van der Waals surface area (Å²) in [6, 6.07) is 8.98.